The van der Waals surface area contributed by atoms with Crippen LogP contribution >= 0.6 is 0 Å². The Hall–Kier alpha value is -2.04. The Kier molecular flexibility index (Phi) is 3.46. The van der Waals surface area contributed by atoms with Gasteiger partial charge in [0.05, 0.1) is 5.56 Å². The van der Waals surface area contributed by atoms with E-state index >= 15 is 0 Å². The maximum atomic E-state index is 13.7. The van der Waals surface area contributed by atoms with E-state index in [1.807, 2.05) is 0 Å². The first kappa shape index (κ1) is 13.4. The molecule has 1 N–H and O–H groups in total. The van der Waals surface area contributed by atoms with Gasteiger partial charge in [0.25, 0.3) is 0 Å². The molecule has 2 aromatic carbocycles. The Labute approximate surface area is 107 Å². The Balaban J connectivity index is 2.64. The zero-order chi connectivity index (χ0) is 14.0. The van der Waals surface area contributed by atoms with E-state index in [2.05, 4.69) is 5.32 Å². The fraction of sp³-hybridized carbons (Fsp3) is 0.143. The van der Waals surface area contributed by atoms with Crippen molar-refractivity contribution < 1.29 is 17.6 Å². The minimum absolute atomic E-state index is 0.137. The summed E-state index contributed by atoms with van der Waals surface area (Å²) in [6.45, 7) is 0. The van der Waals surface area contributed by atoms with E-state index in [4.69, 9.17) is 0 Å². The van der Waals surface area contributed by atoms with Gasteiger partial charge in [0.2, 0.25) is 0 Å². The molecule has 2 rings (SSSR count). The van der Waals surface area contributed by atoms with Crippen molar-refractivity contribution in [3.63, 3.8) is 0 Å². The maximum absolute atomic E-state index is 13.7. The lowest BCUT2D eigenvalue weighted by Gasteiger charge is -2.14. The molecular weight excluding hydrogens is 258 g/mol. The van der Waals surface area contributed by atoms with Crippen LogP contribution in [0.3, 0.4) is 0 Å². The van der Waals surface area contributed by atoms with Crippen LogP contribution in [-0.4, -0.2) is 7.05 Å². The van der Waals surface area contributed by atoms with Gasteiger partial charge in [-0.05, 0) is 24.3 Å². The highest BCUT2D eigenvalue weighted by Gasteiger charge is 2.31. The number of hydrogen-bond donors (Lipinski definition) is 1. The zero-order valence-corrected chi connectivity index (χ0v) is 10.1. The van der Waals surface area contributed by atoms with Crippen molar-refractivity contribution in [2.24, 2.45) is 0 Å². The van der Waals surface area contributed by atoms with Crippen molar-refractivity contribution in [2.75, 3.05) is 12.4 Å². The summed E-state index contributed by atoms with van der Waals surface area (Å²) in [5.41, 5.74) is -0.0313. The minimum atomic E-state index is -4.45. The molecule has 5 heteroatoms. The minimum Gasteiger partial charge on any atom is -0.388 e. The molecule has 0 bridgehead atoms. The fourth-order valence-electron chi connectivity index (χ4n) is 1.84. The molecule has 0 aliphatic rings. The predicted molar refractivity (Wildman–Crippen MR) is 66.4 cm³/mol. The first-order valence-corrected chi connectivity index (χ1v) is 5.57. The first-order valence-electron chi connectivity index (χ1n) is 5.57. The first-order chi connectivity index (χ1) is 8.93. The van der Waals surface area contributed by atoms with Gasteiger partial charge >= 0.3 is 6.18 Å². The van der Waals surface area contributed by atoms with Gasteiger partial charge in [0.1, 0.15) is 5.82 Å². The van der Waals surface area contributed by atoms with Gasteiger partial charge in [-0.1, -0.05) is 18.2 Å². The fourth-order valence-corrected chi connectivity index (χ4v) is 1.84. The van der Waals surface area contributed by atoms with Crippen molar-refractivity contribution in [1.29, 1.82) is 0 Å². The molecule has 1 nitrogen and oxygen atoms in total. The Bertz CT molecular complexity index is 590. The van der Waals surface area contributed by atoms with Crippen LogP contribution in [0.2, 0.25) is 0 Å². The third kappa shape index (κ3) is 2.70. The summed E-state index contributed by atoms with van der Waals surface area (Å²) < 4.78 is 51.8. The molecule has 0 heterocycles. The average molecular weight is 269 g/mol. The van der Waals surface area contributed by atoms with Crippen molar-refractivity contribution in [3.05, 3.63) is 53.8 Å². The maximum Gasteiger partial charge on any atom is 0.416 e. The van der Waals surface area contributed by atoms with Crippen molar-refractivity contribution in [1.82, 2.24) is 0 Å². The number of halogens is 4. The summed E-state index contributed by atoms with van der Waals surface area (Å²) in [5.74, 6) is -0.557. The number of nitrogens with one attached hydrogen (secondary N) is 1. The van der Waals surface area contributed by atoms with Gasteiger partial charge in [-0.2, -0.15) is 13.2 Å². The van der Waals surface area contributed by atoms with Gasteiger partial charge in [0.15, 0.2) is 0 Å². The Morgan fingerprint density at radius 3 is 2.21 bits per heavy atom. The predicted octanol–water partition coefficient (Wildman–Crippen LogP) is 4.55. The molecule has 2 aromatic rings. The number of alkyl halides is 3. The molecule has 0 amide bonds. The lowest BCUT2D eigenvalue weighted by atomic mass is 10.00. The van der Waals surface area contributed by atoms with Crippen LogP contribution < -0.4 is 5.32 Å². The highest BCUT2D eigenvalue weighted by Crippen LogP contribution is 2.36. The highest BCUT2D eigenvalue weighted by atomic mass is 19.4. The van der Waals surface area contributed by atoms with Crippen LogP contribution in [0.15, 0.2) is 42.5 Å². The van der Waals surface area contributed by atoms with E-state index in [0.29, 0.717) is 5.69 Å². The molecular formula is C14H11F4N. The number of benzene rings is 2. The molecule has 0 aliphatic carbocycles. The average Bonchev–Trinajstić information content (AvgIpc) is 2.37. The van der Waals surface area contributed by atoms with E-state index in [1.54, 1.807) is 13.1 Å². The van der Waals surface area contributed by atoms with E-state index in [-0.39, 0.29) is 11.1 Å². The Morgan fingerprint density at radius 1 is 0.947 bits per heavy atom. The molecule has 0 atom stereocenters. The van der Waals surface area contributed by atoms with E-state index in [0.717, 1.165) is 12.1 Å². The number of rotatable bonds is 2. The van der Waals surface area contributed by atoms with Crippen LogP contribution in [0.25, 0.3) is 11.1 Å². The topological polar surface area (TPSA) is 12.0 Å². The SMILES string of the molecule is CNc1ccc(C(F)(F)F)cc1-c1ccccc1F. The second-order valence-corrected chi connectivity index (χ2v) is 3.99. The number of anilines is 1. The van der Waals surface area contributed by atoms with Crippen LogP contribution in [0, 0.1) is 5.82 Å². The smallest absolute Gasteiger partial charge is 0.388 e. The standard InChI is InChI=1S/C14H11F4N/c1-19-13-7-6-9(14(16,17)18)8-11(13)10-4-2-3-5-12(10)15/h2-8,19H,1H3. The van der Waals surface area contributed by atoms with Crippen molar-refractivity contribution >= 4 is 5.69 Å². The van der Waals surface area contributed by atoms with Gasteiger partial charge in [-0.15, -0.1) is 0 Å². The third-order valence-electron chi connectivity index (χ3n) is 2.78. The largest absolute Gasteiger partial charge is 0.416 e. The summed E-state index contributed by atoms with van der Waals surface area (Å²) >= 11 is 0. The molecule has 0 aromatic heterocycles. The van der Waals surface area contributed by atoms with Gasteiger partial charge in [0, 0.05) is 23.9 Å². The van der Waals surface area contributed by atoms with Crippen molar-refractivity contribution in [2.45, 2.75) is 6.18 Å². The normalized spacial score (nSPS) is 11.4. The molecule has 100 valence electrons. The van der Waals surface area contributed by atoms with E-state index in [1.165, 1.54) is 24.3 Å². The lowest BCUT2D eigenvalue weighted by molar-refractivity contribution is -0.137. The summed E-state index contributed by atoms with van der Waals surface area (Å²) in [5, 5.41) is 2.77. The number of hydrogen-bond acceptors (Lipinski definition) is 1. The highest BCUT2D eigenvalue weighted by molar-refractivity contribution is 5.78. The van der Waals surface area contributed by atoms with Crippen LogP contribution in [0.1, 0.15) is 5.56 Å². The second kappa shape index (κ2) is 4.91. The quantitative estimate of drug-likeness (QED) is 0.788. The lowest BCUT2D eigenvalue weighted by Crippen LogP contribution is -2.06. The molecule has 0 radical (unpaired) electrons. The molecule has 0 fully saturated rings. The van der Waals surface area contributed by atoms with Gasteiger partial charge in [-0.25, -0.2) is 4.39 Å². The summed E-state index contributed by atoms with van der Waals surface area (Å²) in [7, 11) is 1.58. The molecule has 0 aliphatic heterocycles. The van der Waals surface area contributed by atoms with Crippen molar-refractivity contribution in [3.8, 4) is 11.1 Å². The van der Waals surface area contributed by atoms with E-state index < -0.39 is 17.6 Å². The zero-order valence-electron chi connectivity index (χ0n) is 10.1. The summed E-state index contributed by atoms with van der Waals surface area (Å²) in [4.78, 5) is 0. The molecule has 0 saturated carbocycles. The summed E-state index contributed by atoms with van der Waals surface area (Å²) in [6, 6.07) is 8.95. The van der Waals surface area contributed by atoms with Crippen LogP contribution in [0.5, 0.6) is 0 Å². The third-order valence-corrected chi connectivity index (χ3v) is 2.78. The van der Waals surface area contributed by atoms with Crippen LogP contribution in [-0.2, 0) is 6.18 Å². The monoisotopic (exact) mass is 269 g/mol. The van der Waals surface area contributed by atoms with E-state index in [9.17, 15) is 17.6 Å². The van der Waals surface area contributed by atoms with Gasteiger partial charge in [-0.3, -0.25) is 0 Å². The second-order valence-electron chi connectivity index (χ2n) is 3.99. The molecule has 0 spiro atoms. The molecule has 0 unspecified atom stereocenters. The Morgan fingerprint density at radius 2 is 1.63 bits per heavy atom. The molecule has 19 heavy (non-hydrogen) atoms. The van der Waals surface area contributed by atoms with Crippen LogP contribution in [0.4, 0.5) is 23.2 Å². The summed E-state index contributed by atoms with van der Waals surface area (Å²) in [6.07, 6.45) is -4.45. The van der Waals surface area contributed by atoms with Gasteiger partial charge < -0.3 is 5.32 Å². The molecule has 0 saturated heterocycles.